The van der Waals surface area contributed by atoms with E-state index in [9.17, 15) is 22.0 Å². The maximum Gasteiger partial charge on any atom is 0.195 e. The Balaban J connectivity index is 1.50. The Morgan fingerprint density at radius 3 is 2.14 bits per heavy atom. The Labute approximate surface area is 199 Å². The molecule has 1 aromatic heterocycles. The van der Waals surface area contributed by atoms with Gasteiger partial charge in [0.05, 0.1) is 5.56 Å². The Morgan fingerprint density at radius 1 is 0.743 bits per heavy atom. The molecule has 1 heterocycles. The average Bonchev–Trinajstić information content (AvgIpc) is 2.85. The molecular formula is C28H19F5N2. The first-order valence-corrected chi connectivity index (χ1v) is 10.8. The van der Waals surface area contributed by atoms with Crippen LogP contribution in [0.1, 0.15) is 34.5 Å². The molecule has 0 aliphatic rings. The van der Waals surface area contributed by atoms with Gasteiger partial charge in [0, 0.05) is 29.8 Å². The highest BCUT2D eigenvalue weighted by molar-refractivity contribution is 5.84. The maximum absolute atomic E-state index is 14.6. The number of hydrogen-bond donors (Lipinski definition) is 0. The molecule has 0 saturated heterocycles. The number of aromatic nitrogens is 2. The van der Waals surface area contributed by atoms with E-state index in [-0.39, 0.29) is 16.3 Å². The van der Waals surface area contributed by atoms with Crippen molar-refractivity contribution in [2.45, 2.75) is 25.7 Å². The van der Waals surface area contributed by atoms with E-state index in [0.29, 0.717) is 24.2 Å². The van der Waals surface area contributed by atoms with E-state index in [0.717, 1.165) is 24.5 Å². The molecule has 7 heteroatoms. The zero-order valence-corrected chi connectivity index (χ0v) is 18.5. The van der Waals surface area contributed by atoms with E-state index in [4.69, 9.17) is 0 Å². The maximum atomic E-state index is 14.6. The fourth-order valence-electron chi connectivity index (χ4n) is 3.57. The lowest BCUT2D eigenvalue weighted by molar-refractivity contribution is 0.453. The minimum absolute atomic E-state index is 0.0837. The van der Waals surface area contributed by atoms with Gasteiger partial charge in [-0.3, -0.25) is 0 Å². The lowest BCUT2D eigenvalue weighted by Gasteiger charge is -2.05. The van der Waals surface area contributed by atoms with E-state index in [1.54, 1.807) is 12.4 Å². The Morgan fingerprint density at radius 2 is 1.46 bits per heavy atom. The van der Waals surface area contributed by atoms with E-state index >= 15 is 0 Å². The molecular weight excluding hydrogens is 459 g/mol. The van der Waals surface area contributed by atoms with E-state index < -0.39 is 34.6 Å². The second-order valence-corrected chi connectivity index (χ2v) is 7.94. The predicted octanol–water partition coefficient (Wildman–Crippen LogP) is 6.63. The number of rotatable bonds is 6. The number of aryl methyl sites for hydroxylation is 3. The SMILES string of the molecule is C=CCCc1cnc(CCc2cc(F)c(C#Cc3ccc4c(F)c(F)c(F)cc4c3)c(F)c2)nc1. The summed E-state index contributed by atoms with van der Waals surface area (Å²) in [5, 5.41) is -0.0352. The van der Waals surface area contributed by atoms with Crippen LogP contribution in [0.15, 0.2) is 61.4 Å². The van der Waals surface area contributed by atoms with Gasteiger partial charge >= 0.3 is 0 Å². The molecule has 0 saturated carbocycles. The van der Waals surface area contributed by atoms with E-state index in [1.165, 1.54) is 30.3 Å². The molecule has 0 atom stereocenters. The number of allylic oxidation sites excluding steroid dienone is 1. The van der Waals surface area contributed by atoms with Crippen molar-refractivity contribution < 1.29 is 22.0 Å². The number of benzene rings is 3. The van der Waals surface area contributed by atoms with Crippen molar-refractivity contribution in [3.8, 4) is 11.8 Å². The molecule has 0 aliphatic carbocycles. The predicted molar refractivity (Wildman–Crippen MR) is 124 cm³/mol. The summed E-state index contributed by atoms with van der Waals surface area (Å²) < 4.78 is 69.9. The van der Waals surface area contributed by atoms with Crippen molar-refractivity contribution in [3.63, 3.8) is 0 Å². The van der Waals surface area contributed by atoms with Crippen molar-refractivity contribution in [1.29, 1.82) is 0 Å². The molecule has 176 valence electrons. The van der Waals surface area contributed by atoms with Crippen molar-refractivity contribution in [2.75, 3.05) is 0 Å². The van der Waals surface area contributed by atoms with Gasteiger partial charge in [-0.05, 0) is 66.1 Å². The van der Waals surface area contributed by atoms with Gasteiger partial charge in [0.25, 0.3) is 0 Å². The zero-order valence-electron chi connectivity index (χ0n) is 18.5. The largest absolute Gasteiger partial charge is 0.241 e. The van der Waals surface area contributed by atoms with Gasteiger partial charge in [-0.25, -0.2) is 31.9 Å². The number of halogens is 5. The monoisotopic (exact) mass is 478 g/mol. The molecule has 4 rings (SSSR count). The average molecular weight is 478 g/mol. The lowest BCUT2D eigenvalue weighted by atomic mass is 10.0. The third-order valence-corrected chi connectivity index (χ3v) is 5.44. The molecule has 4 aromatic rings. The molecule has 0 bridgehead atoms. The molecule has 0 fully saturated rings. The van der Waals surface area contributed by atoms with Gasteiger partial charge in [-0.2, -0.15) is 0 Å². The molecule has 2 nitrogen and oxygen atoms in total. The van der Waals surface area contributed by atoms with Crippen LogP contribution in [-0.2, 0) is 19.3 Å². The molecule has 0 amide bonds. The highest BCUT2D eigenvalue weighted by Gasteiger charge is 2.14. The van der Waals surface area contributed by atoms with Crippen LogP contribution in [0.5, 0.6) is 0 Å². The van der Waals surface area contributed by atoms with Crippen LogP contribution in [0, 0.1) is 40.9 Å². The molecule has 35 heavy (non-hydrogen) atoms. The normalized spacial score (nSPS) is 10.8. The third-order valence-electron chi connectivity index (χ3n) is 5.44. The molecule has 0 unspecified atom stereocenters. The van der Waals surface area contributed by atoms with Crippen molar-refractivity contribution in [2.24, 2.45) is 0 Å². The van der Waals surface area contributed by atoms with Crippen LogP contribution >= 0.6 is 0 Å². The molecule has 3 aromatic carbocycles. The standard InChI is InChI=1S/C28H19F5N2/c1-2-3-4-19-15-34-26(35-16-19)10-7-18-12-23(29)22(24(30)13-18)9-6-17-5-8-21-20(11-17)14-25(31)28(33)27(21)32/h2,5,8,11-16H,1,3-4,7,10H2. The summed E-state index contributed by atoms with van der Waals surface area (Å²) >= 11 is 0. The quantitative estimate of drug-likeness (QED) is 0.135. The highest BCUT2D eigenvalue weighted by atomic mass is 19.2. The fourth-order valence-corrected chi connectivity index (χ4v) is 3.57. The van der Waals surface area contributed by atoms with Crippen molar-refractivity contribution >= 4 is 10.8 Å². The van der Waals surface area contributed by atoms with Crippen LogP contribution < -0.4 is 0 Å². The van der Waals surface area contributed by atoms with Gasteiger partial charge in [0.1, 0.15) is 17.5 Å². The Hall–Kier alpha value is -4.05. The summed E-state index contributed by atoms with van der Waals surface area (Å²) in [6.07, 6.45) is 7.66. The summed E-state index contributed by atoms with van der Waals surface area (Å²) in [7, 11) is 0. The highest BCUT2D eigenvalue weighted by Crippen LogP contribution is 2.24. The second kappa shape index (κ2) is 10.5. The van der Waals surface area contributed by atoms with Crippen molar-refractivity contribution in [3.05, 3.63) is 119 Å². The summed E-state index contributed by atoms with van der Waals surface area (Å²) in [5.41, 5.74) is 1.26. The summed E-state index contributed by atoms with van der Waals surface area (Å²) in [6.45, 7) is 3.68. The first kappa shape index (κ1) is 24.1. The first-order chi connectivity index (χ1) is 16.9. The van der Waals surface area contributed by atoms with Gasteiger partial charge in [-0.15, -0.1) is 6.58 Å². The third kappa shape index (κ3) is 5.55. The van der Waals surface area contributed by atoms with Crippen LogP contribution in [0.2, 0.25) is 0 Å². The minimum atomic E-state index is -1.56. The number of hydrogen-bond acceptors (Lipinski definition) is 2. The zero-order chi connectivity index (χ0) is 24.9. The fraction of sp³-hybridized carbons (Fsp3) is 0.143. The smallest absolute Gasteiger partial charge is 0.195 e. The van der Waals surface area contributed by atoms with Crippen LogP contribution in [0.3, 0.4) is 0 Å². The van der Waals surface area contributed by atoms with E-state index in [2.05, 4.69) is 28.4 Å². The first-order valence-electron chi connectivity index (χ1n) is 10.8. The van der Waals surface area contributed by atoms with Gasteiger partial charge in [0.15, 0.2) is 17.5 Å². The van der Waals surface area contributed by atoms with Crippen LogP contribution in [0.25, 0.3) is 10.8 Å². The summed E-state index contributed by atoms with van der Waals surface area (Å²) in [5.74, 6) is -0.255. The Kier molecular flexibility index (Phi) is 7.21. The lowest BCUT2D eigenvalue weighted by Crippen LogP contribution is -2.01. The van der Waals surface area contributed by atoms with Gasteiger partial charge in [-0.1, -0.05) is 24.0 Å². The molecule has 0 radical (unpaired) electrons. The molecule has 0 aliphatic heterocycles. The van der Waals surface area contributed by atoms with Crippen LogP contribution in [-0.4, -0.2) is 9.97 Å². The van der Waals surface area contributed by atoms with Crippen LogP contribution in [0.4, 0.5) is 22.0 Å². The van der Waals surface area contributed by atoms with Crippen molar-refractivity contribution in [1.82, 2.24) is 9.97 Å². The summed E-state index contributed by atoms with van der Waals surface area (Å²) in [4.78, 5) is 8.57. The minimum Gasteiger partial charge on any atom is -0.241 e. The number of fused-ring (bicyclic) bond motifs is 1. The topological polar surface area (TPSA) is 25.8 Å². The second-order valence-electron chi connectivity index (χ2n) is 7.94. The Bertz CT molecular complexity index is 1440. The van der Waals surface area contributed by atoms with Gasteiger partial charge < -0.3 is 0 Å². The van der Waals surface area contributed by atoms with E-state index in [1.807, 2.05) is 6.08 Å². The number of nitrogens with zero attached hydrogens (tertiary/aromatic N) is 2. The molecule has 0 N–H and O–H groups in total. The van der Waals surface area contributed by atoms with Gasteiger partial charge in [0.2, 0.25) is 0 Å². The summed E-state index contributed by atoms with van der Waals surface area (Å²) in [6, 6.07) is 7.18. The molecule has 0 spiro atoms.